The van der Waals surface area contributed by atoms with Gasteiger partial charge in [-0.15, -0.1) is 0 Å². The first kappa shape index (κ1) is 12.8. The van der Waals surface area contributed by atoms with Crippen LogP contribution in [0.4, 0.5) is 0 Å². The van der Waals surface area contributed by atoms with E-state index in [9.17, 15) is 4.79 Å². The van der Waals surface area contributed by atoms with Crippen LogP contribution in [0.25, 0.3) is 0 Å². The van der Waals surface area contributed by atoms with Gasteiger partial charge in [-0.3, -0.25) is 14.6 Å². The molecule has 2 heterocycles. The quantitative estimate of drug-likeness (QED) is 0.692. The molecule has 2 aliphatic heterocycles. The molecule has 0 saturated carbocycles. The van der Waals surface area contributed by atoms with Gasteiger partial charge in [0.05, 0.1) is 13.5 Å². The Labute approximate surface area is 104 Å². The first-order chi connectivity index (χ1) is 8.20. The van der Waals surface area contributed by atoms with E-state index < -0.39 is 0 Å². The number of carbonyl (C=O) groups excluding carboxylic acids is 1. The zero-order chi connectivity index (χ0) is 12.3. The Balaban J connectivity index is 1.84. The van der Waals surface area contributed by atoms with Crippen molar-refractivity contribution in [3.63, 3.8) is 0 Å². The Hall–Kier alpha value is -0.610. The van der Waals surface area contributed by atoms with Gasteiger partial charge in [-0.05, 0) is 26.3 Å². The molecule has 2 rings (SSSR count). The molecule has 0 bridgehead atoms. The third kappa shape index (κ3) is 3.19. The Morgan fingerprint density at radius 3 is 2.94 bits per heavy atom. The maximum atomic E-state index is 11.3. The third-order valence-corrected chi connectivity index (χ3v) is 4.18. The molecule has 0 N–H and O–H groups in total. The summed E-state index contributed by atoms with van der Waals surface area (Å²) < 4.78 is 4.74. The minimum Gasteiger partial charge on any atom is -0.469 e. The van der Waals surface area contributed by atoms with Gasteiger partial charge in [-0.2, -0.15) is 0 Å². The molecule has 4 nitrogen and oxygen atoms in total. The van der Waals surface area contributed by atoms with Gasteiger partial charge in [0.1, 0.15) is 0 Å². The minimum absolute atomic E-state index is 0.0939. The fourth-order valence-electron chi connectivity index (χ4n) is 3.03. The molecule has 2 fully saturated rings. The molecule has 0 spiro atoms. The zero-order valence-corrected chi connectivity index (χ0v) is 11.0. The van der Waals surface area contributed by atoms with Gasteiger partial charge in [0.25, 0.3) is 0 Å². The van der Waals surface area contributed by atoms with Gasteiger partial charge in [-0.1, -0.05) is 6.42 Å². The van der Waals surface area contributed by atoms with Gasteiger partial charge >= 0.3 is 5.97 Å². The number of hydrogen-bond donors (Lipinski definition) is 0. The summed E-state index contributed by atoms with van der Waals surface area (Å²) in [7, 11) is 1.47. The average molecular weight is 240 g/mol. The molecule has 0 radical (unpaired) electrons. The number of nitrogens with zero attached hydrogens (tertiary/aromatic N) is 2. The molecule has 0 aromatic carbocycles. The lowest BCUT2D eigenvalue weighted by Crippen LogP contribution is -2.56. The molecule has 17 heavy (non-hydrogen) atoms. The van der Waals surface area contributed by atoms with E-state index in [1.807, 2.05) is 0 Å². The molecule has 0 aliphatic carbocycles. The molecular weight excluding hydrogens is 216 g/mol. The van der Waals surface area contributed by atoms with Gasteiger partial charge in [0.15, 0.2) is 0 Å². The highest BCUT2D eigenvalue weighted by Crippen LogP contribution is 2.22. The summed E-state index contributed by atoms with van der Waals surface area (Å²) in [6.45, 7) is 6.78. The van der Waals surface area contributed by atoms with Crippen LogP contribution in [-0.4, -0.2) is 61.1 Å². The van der Waals surface area contributed by atoms with E-state index >= 15 is 0 Å². The van der Waals surface area contributed by atoms with Crippen LogP contribution >= 0.6 is 0 Å². The summed E-state index contributed by atoms with van der Waals surface area (Å²) in [5, 5.41) is 0. The molecule has 2 atom stereocenters. The van der Waals surface area contributed by atoms with Crippen molar-refractivity contribution in [2.75, 3.05) is 33.3 Å². The second-order valence-corrected chi connectivity index (χ2v) is 5.31. The fourth-order valence-corrected chi connectivity index (χ4v) is 3.03. The highest BCUT2D eigenvalue weighted by molar-refractivity contribution is 5.69. The van der Waals surface area contributed by atoms with E-state index in [1.54, 1.807) is 0 Å². The maximum Gasteiger partial charge on any atom is 0.307 e. The number of carbonyl (C=O) groups is 1. The smallest absolute Gasteiger partial charge is 0.307 e. The van der Waals surface area contributed by atoms with Gasteiger partial charge in [0.2, 0.25) is 0 Å². The molecule has 0 amide bonds. The van der Waals surface area contributed by atoms with Crippen molar-refractivity contribution in [3.05, 3.63) is 0 Å². The number of piperidine rings is 1. The van der Waals surface area contributed by atoms with Crippen molar-refractivity contribution >= 4 is 5.97 Å². The molecule has 2 aliphatic rings. The van der Waals surface area contributed by atoms with Crippen LogP contribution in [0.15, 0.2) is 0 Å². The van der Waals surface area contributed by atoms with Crippen molar-refractivity contribution < 1.29 is 9.53 Å². The Morgan fingerprint density at radius 1 is 1.35 bits per heavy atom. The second kappa shape index (κ2) is 5.83. The maximum absolute atomic E-state index is 11.3. The van der Waals surface area contributed by atoms with E-state index in [0.717, 1.165) is 25.7 Å². The predicted molar refractivity (Wildman–Crippen MR) is 66.9 cm³/mol. The summed E-state index contributed by atoms with van der Waals surface area (Å²) in [6.07, 6.45) is 4.55. The second-order valence-electron chi connectivity index (χ2n) is 5.31. The van der Waals surface area contributed by atoms with Crippen LogP contribution in [0.2, 0.25) is 0 Å². The number of ether oxygens (including phenoxy) is 1. The lowest BCUT2D eigenvalue weighted by Gasteiger charge is -2.45. The number of piperazine rings is 1. The van der Waals surface area contributed by atoms with Crippen molar-refractivity contribution in [1.29, 1.82) is 0 Å². The summed E-state index contributed by atoms with van der Waals surface area (Å²) in [5.74, 6) is -0.0939. The number of esters is 1. The minimum atomic E-state index is -0.0939. The van der Waals surface area contributed by atoms with Crippen LogP contribution in [0.1, 0.15) is 32.6 Å². The average Bonchev–Trinajstić information content (AvgIpc) is 2.38. The number of fused-ring (bicyclic) bond motifs is 1. The number of rotatable bonds is 3. The summed E-state index contributed by atoms with van der Waals surface area (Å²) in [4.78, 5) is 16.4. The first-order valence-electron chi connectivity index (χ1n) is 6.75. The predicted octanol–water partition coefficient (Wildman–Crippen LogP) is 1.11. The van der Waals surface area contributed by atoms with E-state index in [4.69, 9.17) is 4.74 Å². The third-order valence-electron chi connectivity index (χ3n) is 4.18. The molecule has 98 valence electrons. The first-order valence-corrected chi connectivity index (χ1v) is 6.75. The highest BCUT2D eigenvalue weighted by atomic mass is 16.5. The SMILES string of the molecule is COC(=O)CC(C)N1CCN2CCCCC2C1. The van der Waals surface area contributed by atoms with Crippen LogP contribution in [0, 0.1) is 0 Å². The summed E-state index contributed by atoms with van der Waals surface area (Å²) in [6, 6.07) is 1.03. The van der Waals surface area contributed by atoms with Crippen molar-refractivity contribution in [2.24, 2.45) is 0 Å². The van der Waals surface area contributed by atoms with Crippen molar-refractivity contribution in [3.8, 4) is 0 Å². The zero-order valence-electron chi connectivity index (χ0n) is 11.0. The van der Waals surface area contributed by atoms with Crippen LogP contribution in [0.5, 0.6) is 0 Å². The van der Waals surface area contributed by atoms with Crippen LogP contribution in [0.3, 0.4) is 0 Å². The topological polar surface area (TPSA) is 32.8 Å². The van der Waals surface area contributed by atoms with Gasteiger partial charge < -0.3 is 4.74 Å². The Kier molecular flexibility index (Phi) is 4.40. The number of hydrogen-bond acceptors (Lipinski definition) is 4. The Morgan fingerprint density at radius 2 is 2.18 bits per heavy atom. The van der Waals surface area contributed by atoms with Gasteiger partial charge in [-0.25, -0.2) is 0 Å². The highest BCUT2D eigenvalue weighted by Gasteiger charge is 2.31. The molecule has 4 heteroatoms. The van der Waals surface area contributed by atoms with Crippen LogP contribution in [-0.2, 0) is 9.53 Å². The van der Waals surface area contributed by atoms with E-state index in [2.05, 4.69) is 16.7 Å². The molecular formula is C13H24N2O2. The van der Waals surface area contributed by atoms with Gasteiger partial charge in [0, 0.05) is 31.7 Å². The van der Waals surface area contributed by atoms with E-state index in [1.165, 1.54) is 32.9 Å². The number of methoxy groups -OCH3 is 1. The standard InChI is InChI=1S/C13H24N2O2/c1-11(9-13(16)17-2)15-8-7-14-6-4-3-5-12(14)10-15/h11-12H,3-10H2,1-2H3. The molecule has 2 unspecified atom stereocenters. The Bertz CT molecular complexity index is 270. The summed E-state index contributed by atoms with van der Waals surface area (Å²) >= 11 is 0. The molecule has 0 aromatic heterocycles. The monoisotopic (exact) mass is 240 g/mol. The molecule has 2 saturated heterocycles. The van der Waals surface area contributed by atoms with E-state index in [-0.39, 0.29) is 5.97 Å². The normalized spacial score (nSPS) is 28.5. The fraction of sp³-hybridized carbons (Fsp3) is 0.923. The van der Waals surface area contributed by atoms with Crippen LogP contribution < -0.4 is 0 Å². The summed E-state index contributed by atoms with van der Waals surface area (Å²) in [5.41, 5.74) is 0. The lowest BCUT2D eigenvalue weighted by molar-refractivity contribution is -0.142. The van der Waals surface area contributed by atoms with E-state index in [0.29, 0.717) is 12.5 Å². The largest absolute Gasteiger partial charge is 0.469 e. The van der Waals surface area contributed by atoms with Crippen molar-refractivity contribution in [2.45, 2.75) is 44.7 Å². The van der Waals surface area contributed by atoms with Crippen molar-refractivity contribution in [1.82, 2.24) is 9.80 Å². The molecule has 0 aromatic rings. The lowest BCUT2D eigenvalue weighted by atomic mass is 9.98.